The third kappa shape index (κ3) is 5.71. The van der Waals surface area contributed by atoms with Crippen molar-refractivity contribution in [2.75, 3.05) is 26.8 Å². The van der Waals surface area contributed by atoms with E-state index in [1.165, 1.54) is 36.1 Å². The summed E-state index contributed by atoms with van der Waals surface area (Å²) in [6.45, 7) is 2.02. The first-order valence-electron chi connectivity index (χ1n) is 10.1. The lowest BCUT2D eigenvalue weighted by atomic mass is 10.1. The number of hydrogen-bond acceptors (Lipinski definition) is 5. The molecule has 0 aliphatic rings. The molecule has 10 heteroatoms. The molecular formula is C23H22F3N3O4. The summed E-state index contributed by atoms with van der Waals surface area (Å²) in [5, 5.41) is 3.72. The van der Waals surface area contributed by atoms with Crippen molar-refractivity contribution in [2.45, 2.75) is 13.1 Å². The zero-order chi connectivity index (χ0) is 24.0. The molecule has 7 nitrogen and oxygen atoms in total. The largest absolute Gasteiger partial charge is 0.492 e. The molecule has 2 aromatic carbocycles. The molecule has 0 atom stereocenters. The number of nitrogens with zero attached hydrogens (tertiary/aromatic N) is 3. The van der Waals surface area contributed by atoms with Crippen LogP contribution in [0, 0.1) is 0 Å². The van der Waals surface area contributed by atoms with Crippen molar-refractivity contribution < 1.29 is 32.2 Å². The van der Waals surface area contributed by atoms with Gasteiger partial charge in [-0.1, -0.05) is 18.2 Å². The SMILES string of the molecule is CCOC(=O)c1cnn(-c2ccc(C(=O)N(C)CCOc3ccccc3)cc2)c1C(F)(F)F. The smallest absolute Gasteiger partial charge is 0.434 e. The molecule has 0 radical (unpaired) electrons. The van der Waals surface area contributed by atoms with Gasteiger partial charge < -0.3 is 14.4 Å². The van der Waals surface area contributed by atoms with E-state index in [1.54, 1.807) is 19.2 Å². The molecule has 0 bridgehead atoms. The average Bonchev–Trinajstić information content (AvgIpc) is 3.26. The van der Waals surface area contributed by atoms with Gasteiger partial charge in [-0.25, -0.2) is 9.48 Å². The molecule has 1 amide bonds. The predicted molar refractivity (Wildman–Crippen MR) is 113 cm³/mol. The van der Waals surface area contributed by atoms with Gasteiger partial charge in [0.2, 0.25) is 0 Å². The molecule has 33 heavy (non-hydrogen) atoms. The van der Waals surface area contributed by atoms with Gasteiger partial charge in [-0.3, -0.25) is 4.79 Å². The zero-order valence-corrected chi connectivity index (χ0v) is 18.0. The highest BCUT2D eigenvalue weighted by Gasteiger charge is 2.41. The Balaban J connectivity index is 1.73. The van der Waals surface area contributed by atoms with Crippen molar-refractivity contribution in [3.8, 4) is 11.4 Å². The van der Waals surface area contributed by atoms with Gasteiger partial charge >= 0.3 is 12.1 Å². The number of carbonyl (C=O) groups is 2. The Hall–Kier alpha value is -3.82. The van der Waals surface area contributed by atoms with E-state index >= 15 is 0 Å². The fourth-order valence-corrected chi connectivity index (χ4v) is 3.06. The standard InChI is InChI=1S/C23H22F3N3O4/c1-3-32-22(31)19-15-27-29(20(19)23(24,25)26)17-11-9-16(10-12-17)21(30)28(2)13-14-33-18-7-5-4-6-8-18/h4-12,15H,3,13-14H2,1-2H3. The minimum absolute atomic E-state index is 0.0458. The minimum atomic E-state index is -4.84. The van der Waals surface area contributed by atoms with Gasteiger partial charge in [-0.2, -0.15) is 18.3 Å². The average molecular weight is 461 g/mol. The van der Waals surface area contributed by atoms with E-state index in [-0.39, 0.29) is 30.4 Å². The highest BCUT2D eigenvalue weighted by atomic mass is 19.4. The highest BCUT2D eigenvalue weighted by Crippen LogP contribution is 2.34. The Morgan fingerprint density at radius 1 is 1.06 bits per heavy atom. The number of aromatic nitrogens is 2. The van der Waals surface area contributed by atoms with E-state index in [9.17, 15) is 22.8 Å². The van der Waals surface area contributed by atoms with Crippen molar-refractivity contribution in [2.24, 2.45) is 0 Å². The lowest BCUT2D eigenvalue weighted by Crippen LogP contribution is -2.30. The van der Waals surface area contributed by atoms with Crippen LogP contribution in [0.25, 0.3) is 5.69 Å². The summed E-state index contributed by atoms with van der Waals surface area (Å²) in [5.41, 5.74) is -1.59. The van der Waals surface area contributed by atoms with Crippen molar-refractivity contribution in [3.05, 3.63) is 77.6 Å². The van der Waals surface area contributed by atoms with Gasteiger partial charge in [-0.05, 0) is 43.3 Å². The Morgan fingerprint density at radius 3 is 2.33 bits per heavy atom. The number of alkyl halides is 3. The predicted octanol–water partition coefficient (Wildman–Crippen LogP) is 4.22. The Labute approximate surface area is 188 Å². The van der Waals surface area contributed by atoms with Crippen molar-refractivity contribution in [3.63, 3.8) is 0 Å². The highest BCUT2D eigenvalue weighted by molar-refractivity contribution is 5.94. The Kier molecular flexibility index (Phi) is 7.37. The quantitative estimate of drug-likeness (QED) is 0.470. The number of benzene rings is 2. The molecule has 174 valence electrons. The van der Waals surface area contributed by atoms with Crippen LogP contribution in [0.15, 0.2) is 60.8 Å². The molecule has 1 aromatic heterocycles. The van der Waals surface area contributed by atoms with E-state index in [4.69, 9.17) is 9.47 Å². The summed E-state index contributed by atoms with van der Waals surface area (Å²) in [4.78, 5) is 26.0. The molecule has 0 N–H and O–H groups in total. The summed E-state index contributed by atoms with van der Waals surface area (Å²) in [6, 6.07) is 14.6. The maximum absolute atomic E-state index is 13.6. The maximum Gasteiger partial charge on any atom is 0.434 e. The van der Waals surface area contributed by atoms with Gasteiger partial charge in [0.05, 0.1) is 25.0 Å². The number of halogens is 3. The fraction of sp³-hybridized carbons (Fsp3) is 0.261. The summed E-state index contributed by atoms with van der Waals surface area (Å²) in [7, 11) is 1.60. The van der Waals surface area contributed by atoms with Crippen LogP contribution in [0.1, 0.15) is 33.3 Å². The molecule has 0 aliphatic carbocycles. The van der Waals surface area contributed by atoms with Crippen LogP contribution in [0.3, 0.4) is 0 Å². The second-order valence-electron chi connectivity index (χ2n) is 6.97. The number of likely N-dealkylation sites (N-methyl/N-ethyl adjacent to an activating group) is 1. The van der Waals surface area contributed by atoms with E-state index in [1.807, 2.05) is 18.2 Å². The number of rotatable bonds is 8. The Morgan fingerprint density at radius 2 is 1.73 bits per heavy atom. The molecular weight excluding hydrogens is 439 g/mol. The number of hydrogen-bond donors (Lipinski definition) is 0. The number of ether oxygens (including phenoxy) is 2. The van der Waals surface area contributed by atoms with Crippen molar-refractivity contribution in [1.82, 2.24) is 14.7 Å². The van der Waals surface area contributed by atoms with Crippen LogP contribution in [0.2, 0.25) is 0 Å². The van der Waals surface area contributed by atoms with E-state index < -0.39 is 23.4 Å². The van der Waals surface area contributed by atoms with Crippen molar-refractivity contribution >= 4 is 11.9 Å². The molecule has 3 rings (SSSR count). The first-order chi connectivity index (χ1) is 15.7. The van der Waals surface area contributed by atoms with Crippen LogP contribution < -0.4 is 4.74 Å². The van der Waals surface area contributed by atoms with Gasteiger partial charge in [0.15, 0.2) is 5.69 Å². The Bertz CT molecular complexity index is 1100. The van der Waals surface area contributed by atoms with E-state index in [2.05, 4.69) is 5.10 Å². The monoisotopic (exact) mass is 461 g/mol. The summed E-state index contributed by atoms with van der Waals surface area (Å²) in [5.74, 6) is -0.742. The molecule has 0 spiro atoms. The third-order valence-electron chi connectivity index (χ3n) is 4.68. The fourth-order valence-electron chi connectivity index (χ4n) is 3.06. The van der Waals surface area contributed by atoms with Gasteiger partial charge in [0.1, 0.15) is 17.9 Å². The summed E-state index contributed by atoms with van der Waals surface area (Å²) < 4.78 is 51.8. The molecule has 0 saturated heterocycles. The second-order valence-corrected chi connectivity index (χ2v) is 6.97. The molecule has 1 heterocycles. The second kappa shape index (κ2) is 10.2. The van der Waals surface area contributed by atoms with Crippen LogP contribution in [-0.4, -0.2) is 53.4 Å². The van der Waals surface area contributed by atoms with Crippen LogP contribution in [0.4, 0.5) is 13.2 Å². The van der Waals surface area contributed by atoms with Crippen LogP contribution in [0.5, 0.6) is 5.75 Å². The third-order valence-corrected chi connectivity index (χ3v) is 4.68. The number of carbonyl (C=O) groups excluding carboxylic acids is 2. The van der Waals surface area contributed by atoms with Crippen LogP contribution >= 0.6 is 0 Å². The van der Waals surface area contributed by atoms with Gasteiger partial charge in [-0.15, -0.1) is 0 Å². The zero-order valence-electron chi connectivity index (χ0n) is 18.0. The topological polar surface area (TPSA) is 73.7 Å². The van der Waals surface area contributed by atoms with Gasteiger partial charge in [0.25, 0.3) is 5.91 Å². The first-order valence-corrected chi connectivity index (χ1v) is 10.1. The number of esters is 1. The molecule has 0 fully saturated rings. The minimum Gasteiger partial charge on any atom is -0.492 e. The number of amides is 1. The number of para-hydroxylation sites is 1. The molecule has 0 unspecified atom stereocenters. The van der Waals surface area contributed by atoms with Gasteiger partial charge in [0, 0.05) is 12.6 Å². The van der Waals surface area contributed by atoms with E-state index in [0.717, 1.165) is 6.20 Å². The maximum atomic E-state index is 13.6. The first kappa shape index (κ1) is 23.8. The molecule has 3 aromatic rings. The lowest BCUT2D eigenvalue weighted by Gasteiger charge is -2.18. The lowest BCUT2D eigenvalue weighted by molar-refractivity contribution is -0.143. The normalized spacial score (nSPS) is 11.2. The van der Waals surface area contributed by atoms with Crippen molar-refractivity contribution in [1.29, 1.82) is 0 Å². The van der Waals surface area contributed by atoms with E-state index in [0.29, 0.717) is 17.0 Å². The van der Waals surface area contributed by atoms with Crippen LogP contribution in [-0.2, 0) is 10.9 Å². The summed E-state index contributed by atoms with van der Waals surface area (Å²) in [6.07, 6.45) is -4.02. The summed E-state index contributed by atoms with van der Waals surface area (Å²) >= 11 is 0. The molecule has 0 saturated carbocycles. The molecule has 0 aliphatic heterocycles.